The average molecular weight is 1050 g/mol. The maximum Gasteiger partial charge on any atom is 0.303 e. The van der Waals surface area contributed by atoms with E-state index in [0.29, 0.717) is 63.7 Å². The third-order valence-electron chi connectivity index (χ3n) is 10.9. The van der Waals surface area contributed by atoms with Crippen LogP contribution in [0.1, 0.15) is 83.0 Å². The van der Waals surface area contributed by atoms with Crippen molar-refractivity contribution in [3.05, 3.63) is 83.7 Å². The number of carboxylic acid groups (broad SMARTS) is 2. The molecule has 1 heterocycles. The van der Waals surface area contributed by atoms with Crippen molar-refractivity contribution in [1.82, 2.24) is 25.4 Å². The lowest BCUT2D eigenvalue weighted by Gasteiger charge is -2.41. The molecule has 0 bridgehead atoms. The minimum Gasteiger partial charge on any atom is -0.481 e. The third kappa shape index (κ3) is 24.7. The Kier molecular flexibility index (Phi) is 28.5. The molecule has 0 fully saturated rings. The van der Waals surface area contributed by atoms with Gasteiger partial charge in [0.15, 0.2) is 5.78 Å². The Morgan fingerprint density at radius 1 is 0.753 bits per heavy atom. The minimum atomic E-state index is -1.18. The van der Waals surface area contributed by atoms with Gasteiger partial charge in [0.05, 0.1) is 77.4 Å². The zero-order valence-electron chi connectivity index (χ0n) is 42.0. The first-order chi connectivity index (χ1) is 34.9. The number of carbonyl (C=O) groups excluding carboxylic acids is 5. The Balaban J connectivity index is 1.51. The van der Waals surface area contributed by atoms with E-state index in [2.05, 4.69) is 16.0 Å². The van der Waals surface area contributed by atoms with Crippen molar-refractivity contribution in [2.45, 2.75) is 84.3 Å². The van der Waals surface area contributed by atoms with Crippen LogP contribution < -0.4 is 21.7 Å². The van der Waals surface area contributed by atoms with Crippen LogP contribution in [0, 0.1) is 17.0 Å². The topological polar surface area (TPSA) is 267 Å². The smallest absolute Gasteiger partial charge is 0.303 e. The lowest BCUT2D eigenvalue weighted by Crippen LogP contribution is -2.49. The van der Waals surface area contributed by atoms with E-state index in [1.54, 1.807) is 17.2 Å². The van der Waals surface area contributed by atoms with E-state index < -0.39 is 65.2 Å². The number of halogens is 2. The van der Waals surface area contributed by atoms with Crippen molar-refractivity contribution in [3.8, 4) is 11.1 Å². The highest BCUT2D eigenvalue weighted by molar-refractivity contribution is 8.00. The molecule has 0 unspecified atom stereocenters. The van der Waals surface area contributed by atoms with Gasteiger partial charge in [-0.2, -0.15) is 0 Å². The maximum atomic E-state index is 15.2. The molecular weight excluding hydrogens is 975 g/mol. The fraction of sp³-hybridized carbons (Fsp3) is 0.549. The molecule has 1 aromatic heterocycles. The summed E-state index contributed by atoms with van der Waals surface area (Å²) in [6, 6.07) is 13.0. The summed E-state index contributed by atoms with van der Waals surface area (Å²) in [5, 5.41) is 25.5. The molecule has 2 atom stereocenters. The van der Waals surface area contributed by atoms with E-state index in [-0.39, 0.29) is 100 Å². The fourth-order valence-corrected chi connectivity index (χ4v) is 8.31. The second kappa shape index (κ2) is 33.9. The molecule has 0 aliphatic carbocycles. The Bertz CT molecular complexity index is 2210. The van der Waals surface area contributed by atoms with Crippen LogP contribution in [-0.4, -0.2) is 158 Å². The summed E-state index contributed by atoms with van der Waals surface area (Å²) in [4.78, 5) is 87.4. The van der Waals surface area contributed by atoms with E-state index in [9.17, 15) is 38.0 Å². The average Bonchev–Trinajstić information content (AvgIpc) is 3.74. The molecule has 0 spiro atoms. The molecular formula is C51H72F2N6O13S. The summed E-state index contributed by atoms with van der Waals surface area (Å²) in [6.45, 7) is 8.93. The predicted molar refractivity (Wildman–Crippen MR) is 269 cm³/mol. The maximum absolute atomic E-state index is 15.2. The predicted octanol–water partition coefficient (Wildman–Crippen LogP) is 4.34. The molecule has 19 nitrogen and oxygen atoms in total. The number of Topliss-reactive ketones (excluding diaryl/α,β-unsaturated/α-hetero) is 1. The molecule has 0 aliphatic rings. The van der Waals surface area contributed by atoms with E-state index in [4.69, 9.17) is 34.9 Å². The minimum absolute atomic E-state index is 0.0273. The number of aliphatic carboxylic acids is 2. The highest BCUT2D eigenvalue weighted by Gasteiger charge is 2.37. The first kappa shape index (κ1) is 61.5. The molecule has 3 aromatic rings. The van der Waals surface area contributed by atoms with Crippen LogP contribution in [-0.2, 0) is 59.1 Å². The number of nitrogens with zero attached hydrogens (tertiary/aromatic N) is 2. The summed E-state index contributed by atoms with van der Waals surface area (Å²) in [6.07, 6.45) is 1.61. The summed E-state index contributed by atoms with van der Waals surface area (Å²) in [5.74, 6) is -5.75. The van der Waals surface area contributed by atoms with Gasteiger partial charge in [-0.25, -0.2) is 8.78 Å². The molecule has 0 saturated heterocycles. The molecule has 22 heteroatoms. The standard InChI is InChI=1S/C51H72F2N6O13S/c1-51(2,3)49(43-29-37(40-30-38(52)12-13-41(40)53)33-58(43)32-36-9-5-4-6-10-36)59(20-8-18-54)46(63)35-73-34-42(57-45(62)15-17-48(66)67)50(68)55-19-22-70-24-26-72-28-27-71-25-23-69-21-7-11-39(60)31-56-44(61)14-16-47(64)65/h4-6,9-10,12-13,29-30,33,42,49H,7-8,11,14-28,31-32,34-35,54H2,1-3H3,(H,55,68)(H,56,61)(H,57,62)(H,64,65)(H,66,67)/t42-,49-/m0/s1. The normalized spacial score (nSPS) is 12.2. The second-order valence-corrected chi connectivity index (χ2v) is 19.0. The monoisotopic (exact) mass is 1050 g/mol. The van der Waals surface area contributed by atoms with Crippen LogP contribution in [0.3, 0.4) is 0 Å². The van der Waals surface area contributed by atoms with Gasteiger partial charge in [-0.15, -0.1) is 11.8 Å². The molecule has 7 N–H and O–H groups in total. The number of carbonyl (C=O) groups is 7. The zero-order valence-corrected chi connectivity index (χ0v) is 42.8. The van der Waals surface area contributed by atoms with Crippen LogP contribution >= 0.6 is 11.8 Å². The number of hydrogen-bond donors (Lipinski definition) is 6. The number of amides is 4. The quantitative estimate of drug-likeness (QED) is 0.0436. The Hall–Kier alpha value is -5.78. The summed E-state index contributed by atoms with van der Waals surface area (Å²) in [7, 11) is 0. The lowest BCUT2D eigenvalue weighted by molar-refractivity contribution is -0.139. The summed E-state index contributed by atoms with van der Waals surface area (Å²) < 4.78 is 53.6. The molecule has 73 heavy (non-hydrogen) atoms. The highest BCUT2D eigenvalue weighted by Crippen LogP contribution is 2.41. The van der Waals surface area contributed by atoms with Crippen LogP contribution in [0.15, 0.2) is 60.8 Å². The van der Waals surface area contributed by atoms with Gasteiger partial charge in [-0.1, -0.05) is 51.1 Å². The fourth-order valence-electron chi connectivity index (χ4n) is 7.39. The van der Waals surface area contributed by atoms with Gasteiger partial charge >= 0.3 is 11.9 Å². The highest BCUT2D eigenvalue weighted by atomic mass is 32.2. The van der Waals surface area contributed by atoms with Crippen LogP contribution in [0.2, 0.25) is 0 Å². The van der Waals surface area contributed by atoms with E-state index in [0.717, 1.165) is 35.5 Å². The largest absolute Gasteiger partial charge is 0.481 e. The third-order valence-corrected chi connectivity index (χ3v) is 11.9. The lowest BCUT2D eigenvalue weighted by atomic mass is 9.83. The molecule has 0 radical (unpaired) electrons. The molecule has 4 amide bonds. The number of benzene rings is 2. The van der Waals surface area contributed by atoms with Crippen molar-refractivity contribution in [1.29, 1.82) is 0 Å². The van der Waals surface area contributed by atoms with Gasteiger partial charge < -0.3 is 60.3 Å². The second-order valence-electron chi connectivity index (χ2n) is 18.0. The number of nitrogens with two attached hydrogens (primary N) is 1. The van der Waals surface area contributed by atoms with Crippen molar-refractivity contribution >= 4 is 53.1 Å². The molecule has 404 valence electrons. The van der Waals surface area contributed by atoms with Gasteiger partial charge in [-0.05, 0) is 54.6 Å². The number of aromatic nitrogens is 1. The number of rotatable bonds is 38. The Morgan fingerprint density at radius 3 is 1.99 bits per heavy atom. The number of ether oxygens (including phenoxy) is 4. The van der Waals surface area contributed by atoms with E-state index >= 15 is 4.39 Å². The zero-order chi connectivity index (χ0) is 53.6. The molecule has 0 aliphatic heterocycles. The number of nitrogens with one attached hydrogen (secondary N) is 3. The van der Waals surface area contributed by atoms with Gasteiger partial charge in [-0.3, -0.25) is 33.6 Å². The van der Waals surface area contributed by atoms with Crippen molar-refractivity contribution in [3.63, 3.8) is 0 Å². The van der Waals surface area contributed by atoms with Gasteiger partial charge in [0, 0.05) is 74.3 Å². The summed E-state index contributed by atoms with van der Waals surface area (Å²) >= 11 is 1.12. The summed E-state index contributed by atoms with van der Waals surface area (Å²) in [5.41, 5.74) is 7.54. The first-order valence-corrected chi connectivity index (χ1v) is 25.4. The number of hydrogen-bond acceptors (Lipinski definition) is 13. The van der Waals surface area contributed by atoms with Gasteiger partial charge in [0.25, 0.3) is 0 Å². The Morgan fingerprint density at radius 2 is 1.37 bits per heavy atom. The molecule has 3 rings (SSSR count). The van der Waals surface area contributed by atoms with E-state index in [1.165, 1.54) is 0 Å². The van der Waals surface area contributed by atoms with Crippen LogP contribution in [0.5, 0.6) is 0 Å². The van der Waals surface area contributed by atoms with Crippen molar-refractivity contribution in [2.24, 2.45) is 11.1 Å². The van der Waals surface area contributed by atoms with Crippen molar-refractivity contribution in [2.75, 3.05) is 90.5 Å². The SMILES string of the molecule is CC(C)(C)[C@H](c1cc(-c2cc(F)ccc2F)cn1Cc1ccccc1)N(CCCN)C(=O)CSC[C@H](NC(=O)CCC(=O)O)C(=O)NCCOCCOCCOCCOCCCC(=O)CNC(=O)CCC(=O)O. The van der Waals surface area contributed by atoms with E-state index in [1.807, 2.05) is 55.7 Å². The Labute approximate surface area is 429 Å². The number of carboxylic acids is 2. The van der Waals surface area contributed by atoms with Gasteiger partial charge in [0.1, 0.15) is 17.7 Å². The molecule has 2 aromatic carbocycles. The van der Waals surface area contributed by atoms with Crippen LogP contribution in [0.25, 0.3) is 11.1 Å². The van der Waals surface area contributed by atoms with Gasteiger partial charge in [0.2, 0.25) is 23.6 Å². The number of thioether (sulfide) groups is 1. The van der Waals surface area contributed by atoms with Crippen molar-refractivity contribution < 1.29 is 71.5 Å². The first-order valence-electron chi connectivity index (χ1n) is 24.3. The number of ketones is 1. The van der Waals surface area contributed by atoms with Crippen LogP contribution in [0.4, 0.5) is 8.78 Å². The molecule has 0 saturated carbocycles.